The number of hydrogen-bond acceptors (Lipinski definition) is 5. The zero-order valence-electron chi connectivity index (χ0n) is 14.9. The standard InChI is InChI=1S/C20H21N3O3/c1-3-23(19(24)13-15-9-11-17(25-2)12-10-15)14-18-21-20(22-26-18)16-7-5-4-6-8-16/h4-12H,3,13-14H2,1-2H3. The lowest BCUT2D eigenvalue weighted by Crippen LogP contribution is -2.31. The number of likely N-dealkylation sites (N-methyl/N-ethyl adjacent to an activating group) is 1. The average molecular weight is 351 g/mol. The molecule has 0 radical (unpaired) electrons. The summed E-state index contributed by atoms with van der Waals surface area (Å²) in [5.41, 5.74) is 1.82. The summed E-state index contributed by atoms with van der Waals surface area (Å²) in [6, 6.07) is 17.1. The van der Waals surface area contributed by atoms with Crippen LogP contribution in [0.25, 0.3) is 11.4 Å². The third-order valence-corrected chi connectivity index (χ3v) is 4.08. The molecule has 6 heteroatoms. The summed E-state index contributed by atoms with van der Waals surface area (Å²) in [6.07, 6.45) is 0.317. The van der Waals surface area contributed by atoms with Gasteiger partial charge in [-0.2, -0.15) is 4.98 Å². The van der Waals surface area contributed by atoms with Gasteiger partial charge < -0.3 is 14.2 Å². The van der Waals surface area contributed by atoms with Gasteiger partial charge in [-0.3, -0.25) is 4.79 Å². The van der Waals surface area contributed by atoms with E-state index in [9.17, 15) is 4.79 Å². The molecular weight excluding hydrogens is 330 g/mol. The number of carbonyl (C=O) groups is 1. The zero-order chi connectivity index (χ0) is 18.4. The molecule has 3 rings (SSSR count). The first-order valence-corrected chi connectivity index (χ1v) is 8.48. The number of nitrogens with zero attached hydrogens (tertiary/aromatic N) is 3. The van der Waals surface area contributed by atoms with Gasteiger partial charge >= 0.3 is 0 Å². The van der Waals surface area contributed by atoms with Crippen molar-refractivity contribution in [2.45, 2.75) is 19.9 Å². The second-order valence-electron chi connectivity index (χ2n) is 5.81. The number of benzene rings is 2. The van der Waals surface area contributed by atoms with Crippen molar-refractivity contribution in [2.24, 2.45) is 0 Å². The second kappa shape index (κ2) is 8.29. The van der Waals surface area contributed by atoms with Crippen molar-refractivity contribution < 1.29 is 14.1 Å². The van der Waals surface area contributed by atoms with E-state index in [1.165, 1.54) is 0 Å². The molecule has 1 heterocycles. The molecule has 0 aliphatic rings. The van der Waals surface area contributed by atoms with Gasteiger partial charge in [0.2, 0.25) is 17.6 Å². The molecule has 0 aliphatic heterocycles. The fourth-order valence-electron chi connectivity index (χ4n) is 2.59. The van der Waals surface area contributed by atoms with E-state index in [-0.39, 0.29) is 5.91 Å². The highest BCUT2D eigenvalue weighted by Crippen LogP contribution is 2.16. The van der Waals surface area contributed by atoms with Gasteiger partial charge in [-0.1, -0.05) is 47.6 Å². The lowest BCUT2D eigenvalue weighted by molar-refractivity contribution is -0.131. The molecule has 6 nitrogen and oxygen atoms in total. The van der Waals surface area contributed by atoms with Crippen LogP contribution >= 0.6 is 0 Å². The van der Waals surface area contributed by atoms with Crippen molar-refractivity contribution in [1.82, 2.24) is 15.0 Å². The Morgan fingerprint density at radius 2 is 1.85 bits per heavy atom. The number of methoxy groups -OCH3 is 1. The molecule has 1 aromatic heterocycles. The highest BCUT2D eigenvalue weighted by molar-refractivity contribution is 5.78. The smallest absolute Gasteiger partial charge is 0.246 e. The predicted molar refractivity (Wildman–Crippen MR) is 97.5 cm³/mol. The summed E-state index contributed by atoms with van der Waals surface area (Å²) in [6.45, 7) is 2.80. The van der Waals surface area contributed by atoms with Gasteiger partial charge in [0.05, 0.1) is 20.1 Å². The minimum Gasteiger partial charge on any atom is -0.497 e. The number of hydrogen-bond donors (Lipinski definition) is 0. The molecular formula is C20H21N3O3. The van der Waals surface area contributed by atoms with E-state index in [4.69, 9.17) is 9.26 Å². The summed E-state index contributed by atoms with van der Waals surface area (Å²) in [7, 11) is 1.62. The maximum Gasteiger partial charge on any atom is 0.246 e. The van der Waals surface area contributed by atoms with Gasteiger partial charge in [-0.15, -0.1) is 0 Å². The van der Waals surface area contributed by atoms with Gasteiger partial charge in [0, 0.05) is 12.1 Å². The summed E-state index contributed by atoms with van der Waals surface area (Å²) in [4.78, 5) is 18.7. The fourth-order valence-corrected chi connectivity index (χ4v) is 2.59. The third kappa shape index (κ3) is 4.27. The number of ether oxygens (including phenoxy) is 1. The van der Waals surface area contributed by atoms with E-state index in [1.54, 1.807) is 12.0 Å². The van der Waals surface area contributed by atoms with E-state index in [0.717, 1.165) is 16.9 Å². The minimum absolute atomic E-state index is 0.0112. The Kier molecular flexibility index (Phi) is 5.63. The van der Waals surface area contributed by atoms with Crippen molar-refractivity contribution in [3.63, 3.8) is 0 Å². The topological polar surface area (TPSA) is 68.5 Å². The van der Waals surface area contributed by atoms with Gasteiger partial charge in [0.25, 0.3) is 0 Å². The maximum absolute atomic E-state index is 12.6. The fraction of sp³-hybridized carbons (Fsp3) is 0.250. The highest BCUT2D eigenvalue weighted by atomic mass is 16.5. The average Bonchev–Trinajstić information content (AvgIpc) is 3.16. The Bertz CT molecular complexity index is 844. The second-order valence-corrected chi connectivity index (χ2v) is 5.81. The van der Waals surface area contributed by atoms with Gasteiger partial charge in [0.15, 0.2) is 0 Å². The van der Waals surface area contributed by atoms with Crippen molar-refractivity contribution in [2.75, 3.05) is 13.7 Å². The van der Waals surface area contributed by atoms with Crippen LogP contribution in [0.5, 0.6) is 5.75 Å². The Morgan fingerprint density at radius 3 is 2.50 bits per heavy atom. The maximum atomic E-state index is 12.6. The zero-order valence-corrected chi connectivity index (χ0v) is 14.9. The predicted octanol–water partition coefficient (Wildman–Crippen LogP) is 3.34. The number of carbonyl (C=O) groups excluding carboxylic acids is 1. The summed E-state index contributed by atoms with van der Waals surface area (Å²) in [5, 5.41) is 4.00. The van der Waals surface area contributed by atoms with Gasteiger partial charge in [-0.25, -0.2) is 0 Å². The molecule has 0 aliphatic carbocycles. The van der Waals surface area contributed by atoms with Crippen LogP contribution in [-0.4, -0.2) is 34.6 Å². The molecule has 0 fully saturated rings. The van der Waals surface area contributed by atoms with Crippen LogP contribution in [0.15, 0.2) is 59.1 Å². The first kappa shape index (κ1) is 17.7. The first-order valence-electron chi connectivity index (χ1n) is 8.48. The molecule has 26 heavy (non-hydrogen) atoms. The summed E-state index contributed by atoms with van der Waals surface area (Å²) >= 11 is 0. The van der Waals surface area contributed by atoms with Crippen LogP contribution in [0, 0.1) is 0 Å². The summed E-state index contributed by atoms with van der Waals surface area (Å²) < 4.78 is 10.4. The molecule has 0 saturated heterocycles. The molecule has 0 saturated carbocycles. The molecule has 2 aromatic carbocycles. The van der Waals surface area contributed by atoms with Crippen molar-refractivity contribution >= 4 is 5.91 Å². The third-order valence-electron chi connectivity index (χ3n) is 4.08. The van der Waals surface area contributed by atoms with Crippen LogP contribution in [0.2, 0.25) is 0 Å². The van der Waals surface area contributed by atoms with Crippen LogP contribution in [0.4, 0.5) is 0 Å². The molecule has 1 amide bonds. The molecule has 134 valence electrons. The van der Waals surface area contributed by atoms with E-state index >= 15 is 0 Å². The molecule has 3 aromatic rings. The van der Waals surface area contributed by atoms with Crippen LogP contribution in [0.1, 0.15) is 18.4 Å². The minimum atomic E-state index is 0.0112. The van der Waals surface area contributed by atoms with Gasteiger partial charge in [-0.05, 0) is 24.6 Å². The van der Waals surface area contributed by atoms with E-state index in [0.29, 0.717) is 31.2 Å². The lowest BCUT2D eigenvalue weighted by atomic mass is 10.1. The Balaban J connectivity index is 1.65. The SMILES string of the molecule is CCN(Cc1nc(-c2ccccc2)no1)C(=O)Cc1ccc(OC)cc1. The number of amides is 1. The number of rotatable bonds is 7. The van der Waals surface area contributed by atoms with E-state index < -0.39 is 0 Å². The van der Waals surface area contributed by atoms with Crippen LogP contribution < -0.4 is 4.74 Å². The molecule has 0 atom stereocenters. The van der Waals surface area contributed by atoms with Crippen molar-refractivity contribution in [3.05, 3.63) is 66.1 Å². The monoisotopic (exact) mass is 351 g/mol. The normalized spacial score (nSPS) is 10.5. The van der Waals surface area contributed by atoms with E-state index in [1.807, 2.05) is 61.5 Å². The first-order chi connectivity index (χ1) is 12.7. The Labute approximate surface area is 152 Å². The molecule has 0 N–H and O–H groups in total. The van der Waals surface area contributed by atoms with Crippen LogP contribution in [0.3, 0.4) is 0 Å². The van der Waals surface area contributed by atoms with Crippen molar-refractivity contribution in [1.29, 1.82) is 0 Å². The summed E-state index contributed by atoms with van der Waals surface area (Å²) in [5.74, 6) is 1.73. The molecule has 0 bridgehead atoms. The largest absolute Gasteiger partial charge is 0.497 e. The Morgan fingerprint density at radius 1 is 1.12 bits per heavy atom. The number of aromatic nitrogens is 2. The van der Waals surface area contributed by atoms with Crippen molar-refractivity contribution in [3.8, 4) is 17.1 Å². The lowest BCUT2D eigenvalue weighted by Gasteiger charge is -2.18. The molecule has 0 unspecified atom stereocenters. The van der Waals surface area contributed by atoms with Gasteiger partial charge in [0.1, 0.15) is 5.75 Å². The Hall–Kier alpha value is -3.15. The van der Waals surface area contributed by atoms with E-state index in [2.05, 4.69) is 10.1 Å². The highest BCUT2D eigenvalue weighted by Gasteiger charge is 2.17. The quantitative estimate of drug-likeness (QED) is 0.653. The molecule has 0 spiro atoms. The van der Waals surface area contributed by atoms with Crippen LogP contribution in [-0.2, 0) is 17.8 Å².